The van der Waals surface area contributed by atoms with E-state index in [4.69, 9.17) is 14.9 Å². The predicted molar refractivity (Wildman–Crippen MR) is 110 cm³/mol. The Balaban J connectivity index is 0.00000300. The molecule has 0 spiro atoms. The van der Waals surface area contributed by atoms with E-state index in [1.165, 1.54) is 30.7 Å². The standard InChI is InChI=1S/C20H19NO6S.ClH/c21-9-11-27-19-17(14-8-10-26-12-14)7-6-15(18(19)20(22)23)13-28(24,25)16-4-2-1-3-5-16;/h1-8,10,12H,9,11,13,21H2,(H,22,23);1H. The first kappa shape index (κ1) is 22.5. The molecule has 3 aromatic rings. The third-order valence-electron chi connectivity index (χ3n) is 4.10. The summed E-state index contributed by atoms with van der Waals surface area (Å²) in [6.45, 7) is 0.260. The first-order valence-electron chi connectivity index (χ1n) is 8.46. The van der Waals surface area contributed by atoms with Crippen molar-refractivity contribution < 1.29 is 27.5 Å². The SMILES string of the molecule is Cl.NCCOc1c(-c2ccoc2)ccc(CS(=O)(=O)c2ccccc2)c1C(=O)O. The molecule has 1 aromatic heterocycles. The molecule has 0 bridgehead atoms. The van der Waals surface area contributed by atoms with Gasteiger partial charge in [0.15, 0.2) is 9.84 Å². The van der Waals surface area contributed by atoms with Gasteiger partial charge in [0.1, 0.15) is 17.9 Å². The molecule has 0 saturated carbocycles. The molecule has 0 aliphatic carbocycles. The van der Waals surface area contributed by atoms with Crippen LogP contribution in [0.3, 0.4) is 0 Å². The average molecular weight is 438 g/mol. The molecule has 29 heavy (non-hydrogen) atoms. The maximum absolute atomic E-state index is 12.7. The van der Waals surface area contributed by atoms with E-state index >= 15 is 0 Å². The Morgan fingerprint density at radius 1 is 1.10 bits per heavy atom. The van der Waals surface area contributed by atoms with Gasteiger partial charge in [-0.1, -0.05) is 30.3 Å². The number of carbonyl (C=O) groups is 1. The predicted octanol–water partition coefficient (Wildman–Crippen LogP) is 3.38. The topological polar surface area (TPSA) is 120 Å². The van der Waals surface area contributed by atoms with Crippen LogP contribution in [0.1, 0.15) is 15.9 Å². The summed E-state index contributed by atoms with van der Waals surface area (Å²) >= 11 is 0. The molecule has 3 N–H and O–H groups in total. The zero-order valence-corrected chi connectivity index (χ0v) is 16.9. The molecule has 3 rings (SSSR count). The fraction of sp³-hybridized carbons (Fsp3) is 0.150. The van der Waals surface area contributed by atoms with Gasteiger partial charge in [-0.2, -0.15) is 0 Å². The van der Waals surface area contributed by atoms with Gasteiger partial charge in [-0.3, -0.25) is 0 Å². The average Bonchev–Trinajstić information content (AvgIpc) is 3.21. The van der Waals surface area contributed by atoms with Crippen LogP contribution < -0.4 is 10.5 Å². The molecule has 7 nitrogen and oxygen atoms in total. The van der Waals surface area contributed by atoms with E-state index in [-0.39, 0.29) is 47.3 Å². The van der Waals surface area contributed by atoms with Crippen LogP contribution >= 0.6 is 12.4 Å². The summed E-state index contributed by atoms with van der Waals surface area (Å²) in [7, 11) is -3.74. The van der Waals surface area contributed by atoms with Gasteiger partial charge >= 0.3 is 5.97 Å². The van der Waals surface area contributed by atoms with Gasteiger partial charge < -0.3 is 20.0 Å². The van der Waals surface area contributed by atoms with Gasteiger partial charge in [-0.05, 0) is 23.8 Å². The maximum atomic E-state index is 12.7. The van der Waals surface area contributed by atoms with Crippen molar-refractivity contribution in [2.75, 3.05) is 13.2 Å². The van der Waals surface area contributed by atoms with Crippen LogP contribution in [0.4, 0.5) is 0 Å². The third kappa shape index (κ3) is 4.97. The molecule has 0 unspecified atom stereocenters. The lowest BCUT2D eigenvalue weighted by Gasteiger charge is -2.16. The fourth-order valence-electron chi connectivity index (χ4n) is 2.85. The molecule has 0 aliphatic rings. The number of carboxylic acid groups (broad SMARTS) is 1. The van der Waals surface area contributed by atoms with Crippen LogP contribution in [0.15, 0.2) is 70.4 Å². The molecule has 9 heteroatoms. The van der Waals surface area contributed by atoms with E-state index in [1.807, 2.05) is 0 Å². The molecule has 0 saturated heterocycles. The number of ether oxygens (including phenoxy) is 1. The highest BCUT2D eigenvalue weighted by Crippen LogP contribution is 2.37. The fourth-order valence-corrected chi connectivity index (χ4v) is 4.24. The summed E-state index contributed by atoms with van der Waals surface area (Å²) in [5.41, 5.74) is 6.54. The second-order valence-electron chi connectivity index (χ2n) is 6.00. The maximum Gasteiger partial charge on any atom is 0.339 e. The summed E-state index contributed by atoms with van der Waals surface area (Å²) in [5.74, 6) is -1.68. The monoisotopic (exact) mass is 437 g/mol. The van der Waals surface area contributed by atoms with Crippen LogP contribution in [0.25, 0.3) is 11.1 Å². The highest BCUT2D eigenvalue weighted by molar-refractivity contribution is 7.90. The van der Waals surface area contributed by atoms with Crippen molar-refractivity contribution in [3.05, 3.63) is 72.2 Å². The second-order valence-corrected chi connectivity index (χ2v) is 7.99. The Hall–Kier alpha value is -2.81. The number of sulfone groups is 1. The number of aromatic carboxylic acids is 1. The van der Waals surface area contributed by atoms with Crippen molar-refractivity contribution in [3.8, 4) is 16.9 Å². The molecule has 2 aromatic carbocycles. The van der Waals surface area contributed by atoms with E-state index < -0.39 is 21.6 Å². The quantitative estimate of drug-likeness (QED) is 0.554. The second kappa shape index (κ2) is 9.60. The highest BCUT2D eigenvalue weighted by Gasteiger charge is 2.26. The zero-order valence-electron chi connectivity index (χ0n) is 15.3. The Labute approximate surface area is 174 Å². The number of halogens is 1. The van der Waals surface area contributed by atoms with Crippen LogP contribution in [0, 0.1) is 0 Å². The minimum absolute atomic E-state index is 0. The number of nitrogens with two attached hydrogens (primary N) is 1. The van der Waals surface area contributed by atoms with Gasteiger partial charge in [0.2, 0.25) is 0 Å². The van der Waals surface area contributed by atoms with E-state index in [0.29, 0.717) is 11.1 Å². The Morgan fingerprint density at radius 2 is 1.83 bits per heavy atom. The largest absolute Gasteiger partial charge is 0.491 e. The number of benzene rings is 2. The van der Waals surface area contributed by atoms with Crippen molar-refractivity contribution >= 4 is 28.2 Å². The summed E-state index contributed by atoms with van der Waals surface area (Å²) in [4.78, 5) is 12.1. The van der Waals surface area contributed by atoms with E-state index in [0.717, 1.165) is 0 Å². The lowest BCUT2D eigenvalue weighted by molar-refractivity contribution is 0.0691. The van der Waals surface area contributed by atoms with Crippen molar-refractivity contribution in [2.24, 2.45) is 5.73 Å². The van der Waals surface area contributed by atoms with Crippen molar-refractivity contribution in [1.82, 2.24) is 0 Å². The highest BCUT2D eigenvalue weighted by atomic mass is 35.5. The summed E-state index contributed by atoms with van der Waals surface area (Å²) < 4.78 is 36.2. The van der Waals surface area contributed by atoms with Crippen molar-refractivity contribution in [2.45, 2.75) is 10.6 Å². The van der Waals surface area contributed by atoms with E-state index in [2.05, 4.69) is 0 Å². The Morgan fingerprint density at radius 3 is 2.41 bits per heavy atom. The normalized spacial score (nSPS) is 10.9. The van der Waals surface area contributed by atoms with Crippen LogP contribution in [-0.4, -0.2) is 32.6 Å². The van der Waals surface area contributed by atoms with Crippen molar-refractivity contribution in [1.29, 1.82) is 0 Å². The first-order chi connectivity index (χ1) is 13.4. The van der Waals surface area contributed by atoms with Gasteiger partial charge in [-0.15, -0.1) is 12.4 Å². The van der Waals surface area contributed by atoms with Gasteiger partial charge in [-0.25, -0.2) is 13.2 Å². The van der Waals surface area contributed by atoms with Crippen molar-refractivity contribution in [3.63, 3.8) is 0 Å². The van der Waals surface area contributed by atoms with Gasteiger partial charge in [0, 0.05) is 17.7 Å². The van der Waals surface area contributed by atoms with E-state index in [1.54, 1.807) is 30.3 Å². The molecule has 1 heterocycles. The zero-order chi connectivity index (χ0) is 20.1. The molecule has 0 amide bonds. The van der Waals surface area contributed by atoms with Crippen LogP contribution in [-0.2, 0) is 15.6 Å². The molecule has 0 radical (unpaired) electrons. The minimum atomic E-state index is -3.74. The summed E-state index contributed by atoms with van der Waals surface area (Å²) in [6.07, 6.45) is 2.91. The van der Waals surface area contributed by atoms with E-state index in [9.17, 15) is 18.3 Å². The Kier molecular flexibility index (Phi) is 7.44. The Bertz CT molecular complexity index is 1070. The van der Waals surface area contributed by atoms with Crippen LogP contribution in [0.2, 0.25) is 0 Å². The molecule has 0 atom stereocenters. The summed E-state index contributed by atoms with van der Waals surface area (Å²) in [5, 5.41) is 9.81. The number of furan rings is 1. The lowest BCUT2D eigenvalue weighted by Crippen LogP contribution is -2.16. The minimum Gasteiger partial charge on any atom is -0.491 e. The van der Waals surface area contributed by atoms with Gasteiger partial charge in [0.25, 0.3) is 0 Å². The molecule has 0 fully saturated rings. The molecular weight excluding hydrogens is 418 g/mol. The number of hydrogen-bond acceptors (Lipinski definition) is 6. The lowest BCUT2D eigenvalue weighted by atomic mass is 9.99. The number of hydrogen-bond donors (Lipinski definition) is 2. The molecular formula is C20H20ClNO6S. The summed E-state index contributed by atoms with van der Waals surface area (Å²) in [6, 6.07) is 12.7. The molecule has 154 valence electrons. The first-order valence-corrected chi connectivity index (χ1v) is 10.1. The molecule has 0 aliphatic heterocycles. The van der Waals surface area contributed by atoms with Gasteiger partial charge in [0.05, 0.1) is 23.2 Å². The third-order valence-corrected chi connectivity index (χ3v) is 5.78. The number of carboxylic acids is 1. The number of rotatable bonds is 8. The van der Waals surface area contributed by atoms with Crippen LogP contribution in [0.5, 0.6) is 5.75 Å². The smallest absolute Gasteiger partial charge is 0.339 e.